The molecule has 0 spiro atoms. The molecular formula is C12H11BrN2O. The predicted molar refractivity (Wildman–Crippen MR) is 65.1 cm³/mol. The molecule has 0 bridgehead atoms. The van der Waals surface area contributed by atoms with E-state index in [0.29, 0.717) is 18.5 Å². The molecule has 1 aromatic carbocycles. The van der Waals surface area contributed by atoms with Gasteiger partial charge in [-0.2, -0.15) is 5.26 Å². The molecule has 1 aliphatic rings. The number of anilines is 1. The average molecular weight is 279 g/mol. The molecule has 0 aromatic heterocycles. The lowest BCUT2D eigenvalue weighted by molar-refractivity contribution is -0.119. The van der Waals surface area contributed by atoms with Crippen LogP contribution in [0.25, 0.3) is 0 Å². The summed E-state index contributed by atoms with van der Waals surface area (Å²) >= 11 is 3.36. The summed E-state index contributed by atoms with van der Waals surface area (Å²) in [6.07, 6.45) is 2.53. The Morgan fingerprint density at radius 1 is 1.38 bits per heavy atom. The second-order valence-corrected chi connectivity index (χ2v) is 4.69. The number of rotatable bonds is 1. The van der Waals surface area contributed by atoms with Crippen molar-refractivity contribution >= 4 is 27.5 Å². The molecule has 2 rings (SSSR count). The summed E-state index contributed by atoms with van der Waals surface area (Å²) in [6, 6.07) is 7.51. The van der Waals surface area contributed by atoms with Crippen LogP contribution >= 0.6 is 15.9 Å². The van der Waals surface area contributed by atoms with E-state index in [1.54, 1.807) is 11.0 Å². The van der Waals surface area contributed by atoms with E-state index in [0.717, 1.165) is 23.0 Å². The third kappa shape index (κ3) is 2.10. The number of amides is 1. The molecular weight excluding hydrogens is 268 g/mol. The summed E-state index contributed by atoms with van der Waals surface area (Å²) in [5.41, 5.74) is 1.28. The molecule has 0 aliphatic carbocycles. The number of hydrogen-bond donors (Lipinski definition) is 0. The summed E-state index contributed by atoms with van der Waals surface area (Å²) in [5.74, 6) is 0.112. The van der Waals surface area contributed by atoms with Gasteiger partial charge in [0.25, 0.3) is 0 Å². The molecule has 82 valence electrons. The highest BCUT2D eigenvalue weighted by molar-refractivity contribution is 9.10. The molecule has 1 heterocycles. The van der Waals surface area contributed by atoms with Gasteiger partial charge >= 0.3 is 0 Å². The molecule has 1 amide bonds. The lowest BCUT2D eigenvalue weighted by atomic mass is 10.1. The largest absolute Gasteiger partial charge is 0.311 e. The Morgan fingerprint density at radius 2 is 2.19 bits per heavy atom. The van der Waals surface area contributed by atoms with E-state index < -0.39 is 0 Å². The van der Waals surface area contributed by atoms with Crippen LogP contribution < -0.4 is 4.90 Å². The van der Waals surface area contributed by atoms with Gasteiger partial charge in [0.15, 0.2) is 0 Å². The van der Waals surface area contributed by atoms with Crippen molar-refractivity contribution in [1.82, 2.24) is 0 Å². The van der Waals surface area contributed by atoms with Crippen molar-refractivity contribution in [2.75, 3.05) is 11.4 Å². The zero-order chi connectivity index (χ0) is 11.5. The fourth-order valence-corrected chi connectivity index (χ4v) is 2.23. The van der Waals surface area contributed by atoms with Gasteiger partial charge in [-0.05, 0) is 31.0 Å². The van der Waals surface area contributed by atoms with E-state index in [1.807, 2.05) is 12.1 Å². The summed E-state index contributed by atoms with van der Waals surface area (Å²) in [4.78, 5) is 13.5. The van der Waals surface area contributed by atoms with E-state index in [-0.39, 0.29) is 5.91 Å². The van der Waals surface area contributed by atoms with E-state index in [1.165, 1.54) is 0 Å². The molecule has 0 unspecified atom stereocenters. The molecule has 16 heavy (non-hydrogen) atoms. The second-order valence-electron chi connectivity index (χ2n) is 3.78. The molecule has 0 atom stereocenters. The van der Waals surface area contributed by atoms with Gasteiger partial charge in [-0.15, -0.1) is 0 Å². The van der Waals surface area contributed by atoms with Gasteiger partial charge < -0.3 is 4.90 Å². The third-order valence-electron chi connectivity index (χ3n) is 2.69. The van der Waals surface area contributed by atoms with Crippen molar-refractivity contribution in [2.24, 2.45) is 0 Å². The number of piperidine rings is 1. The quantitative estimate of drug-likeness (QED) is 0.793. The summed E-state index contributed by atoms with van der Waals surface area (Å²) in [6.45, 7) is 0.712. The first-order valence-corrected chi connectivity index (χ1v) is 6.01. The van der Waals surface area contributed by atoms with Gasteiger partial charge in [0.05, 0.1) is 11.3 Å². The Bertz CT molecular complexity index is 465. The zero-order valence-corrected chi connectivity index (χ0v) is 10.3. The second kappa shape index (κ2) is 4.67. The molecule has 0 saturated carbocycles. The maximum absolute atomic E-state index is 11.8. The molecule has 3 nitrogen and oxygen atoms in total. The summed E-state index contributed by atoms with van der Waals surface area (Å²) < 4.78 is 0.889. The Kier molecular flexibility index (Phi) is 3.25. The maximum atomic E-state index is 11.8. The number of nitriles is 1. The van der Waals surface area contributed by atoms with E-state index in [2.05, 4.69) is 22.0 Å². The molecule has 0 N–H and O–H groups in total. The minimum Gasteiger partial charge on any atom is -0.311 e. The standard InChI is InChI=1S/C12H11BrN2O/c13-10-5-4-9(8-14)11(7-10)15-6-2-1-3-12(15)16/h4-5,7H,1-3,6H2. The van der Waals surface area contributed by atoms with Crippen LogP contribution in [-0.4, -0.2) is 12.5 Å². The van der Waals surface area contributed by atoms with Crippen molar-refractivity contribution in [3.63, 3.8) is 0 Å². The normalized spacial score (nSPS) is 16.0. The molecule has 1 fully saturated rings. The highest BCUT2D eigenvalue weighted by atomic mass is 79.9. The van der Waals surface area contributed by atoms with E-state index in [4.69, 9.17) is 5.26 Å². The van der Waals surface area contributed by atoms with Crippen molar-refractivity contribution in [2.45, 2.75) is 19.3 Å². The first kappa shape index (κ1) is 11.2. The van der Waals surface area contributed by atoms with Crippen LogP contribution in [0.3, 0.4) is 0 Å². The van der Waals surface area contributed by atoms with Crippen LogP contribution in [0.4, 0.5) is 5.69 Å². The van der Waals surface area contributed by atoms with Gasteiger partial charge in [-0.1, -0.05) is 15.9 Å². The number of nitrogens with zero attached hydrogens (tertiary/aromatic N) is 2. The smallest absolute Gasteiger partial charge is 0.227 e. The van der Waals surface area contributed by atoms with Crippen LogP contribution in [0.5, 0.6) is 0 Å². The molecule has 1 saturated heterocycles. The number of halogens is 1. The highest BCUT2D eigenvalue weighted by Gasteiger charge is 2.21. The first-order chi connectivity index (χ1) is 7.72. The van der Waals surface area contributed by atoms with Crippen molar-refractivity contribution in [1.29, 1.82) is 5.26 Å². The topological polar surface area (TPSA) is 44.1 Å². The number of benzene rings is 1. The Labute approximate surface area is 103 Å². The van der Waals surface area contributed by atoms with E-state index >= 15 is 0 Å². The fourth-order valence-electron chi connectivity index (χ4n) is 1.88. The maximum Gasteiger partial charge on any atom is 0.227 e. The van der Waals surface area contributed by atoms with Crippen LogP contribution in [0, 0.1) is 11.3 Å². The number of carbonyl (C=O) groups is 1. The monoisotopic (exact) mass is 278 g/mol. The SMILES string of the molecule is N#Cc1ccc(Br)cc1N1CCCCC1=O. The van der Waals surface area contributed by atoms with Crippen LogP contribution in [0.15, 0.2) is 22.7 Å². The summed E-state index contributed by atoms with van der Waals surface area (Å²) in [5, 5.41) is 9.02. The van der Waals surface area contributed by atoms with Gasteiger partial charge in [0, 0.05) is 17.4 Å². The van der Waals surface area contributed by atoms with Crippen molar-refractivity contribution < 1.29 is 4.79 Å². The van der Waals surface area contributed by atoms with Gasteiger partial charge in [0.2, 0.25) is 5.91 Å². The highest BCUT2D eigenvalue weighted by Crippen LogP contribution is 2.27. The van der Waals surface area contributed by atoms with Crippen LogP contribution in [0.2, 0.25) is 0 Å². The summed E-state index contributed by atoms with van der Waals surface area (Å²) in [7, 11) is 0. The lowest BCUT2D eigenvalue weighted by Gasteiger charge is -2.27. The van der Waals surface area contributed by atoms with Gasteiger partial charge in [-0.3, -0.25) is 4.79 Å². The van der Waals surface area contributed by atoms with Crippen molar-refractivity contribution in [3.05, 3.63) is 28.2 Å². The van der Waals surface area contributed by atoms with Crippen LogP contribution in [0.1, 0.15) is 24.8 Å². The molecule has 1 aromatic rings. The van der Waals surface area contributed by atoms with Gasteiger partial charge in [0.1, 0.15) is 6.07 Å². The van der Waals surface area contributed by atoms with E-state index in [9.17, 15) is 4.79 Å². The van der Waals surface area contributed by atoms with Gasteiger partial charge in [-0.25, -0.2) is 0 Å². The minimum atomic E-state index is 0.112. The minimum absolute atomic E-state index is 0.112. The van der Waals surface area contributed by atoms with Crippen LogP contribution in [-0.2, 0) is 4.79 Å². The predicted octanol–water partition coefficient (Wildman–Crippen LogP) is 2.84. The first-order valence-electron chi connectivity index (χ1n) is 5.22. The number of carbonyl (C=O) groups excluding carboxylic acids is 1. The Morgan fingerprint density at radius 3 is 2.88 bits per heavy atom. The lowest BCUT2D eigenvalue weighted by Crippen LogP contribution is -2.35. The zero-order valence-electron chi connectivity index (χ0n) is 8.74. The fraction of sp³-hybridized carbons (Fsp3) is 0.333. The van der Waals surface area contributed by atoms with Crippen molar-refractivity contribution in [3.8, 4) is 6.07 Å². The third-order valence-corrected chi connectivity index (χ3v) is 3.19. The Balaban J connectivity index is 2.42. The Hall–Kier alpha value is -1.34. The number of hydrogen-bond acceptors (Lipinski definition) is 2. The molecule has 4 heteroatoms. The average Bonchev–Trinajstić information content (AvgIpc) is 2.29. The molecule has 0 radical (unpaired) electrons. The molecule has 1 aliphatic heterocycles.